The molecular formula is C17H15N3O5S. The molecule has 0 unspecified atom stereocenters. The molecule has 0 bridgehead atoms. The number of para-hydroxylation sites is 1. The molecule has 0 radical (unpaired) electrons. The molecule has 2 N–H and O–H groups in total. The van der Waals surface area contributed by atoms with Gasteiger partial charge in [0.25, 0.3) is 5.91 Å². The standard InChI is InChI=1S/C17H15N3O5S/c18-10-11-20(14-4-2-1-3-5-14)16(21)12-25-17(22)13-6-8-15(9-7-13)26(19,23)24/h1-9H,11-12H2,(H2,19,23,24). The Labute approximate surface area is 150 Å². The first-order valence-corrected chi connectivity index (χ1v) is 8.90. The number of carbonyl (C=O) groups is 2. The average molecular weight is 373 g/mol. The molecule has 0 aliphatic carbocycles. The number of nitrogens with two attached hydrogens (primary N) is 1. The predicted molar refractivity (Wildman–Crippen MR) is 92.5 cm³/mol. The number of hydrogen-bond acceptors (Lipinski definition) is 6. The Morgan fingerprint density at radius 1 is 1.08 bits per heavy atom. The highest BCUT2D eigenvalue weighted by atomic mass is 32.2. The number of ether oxygens (including phenoxy) is 1. The number of anilines is 1. The fraction of sp³-hybridized carbons (Fsp3) is 0.118. The molecule has 134 valence electrons. The van der Waals surface area contributed by atoms with Gasteiger partial charge in [-0.3, -0.25) is 9.69 Å². The summed E-state index contributed by atoms with van der Waals surface area (Å²) in [6.45, 7) is -0.754. The van der Waals surface area contributed by atoms with Gasteiger partial charge in [-0.25, -0.2) is 18.4 Å². The van der Waals surface area contributed by atoms with Crippen LogP contribution in [0.4, 0.5) is 5.69 Å². The van der Waals surface area contributed by atoms with Gasteiger partial charge in [-0.1, -0.05) is 18.2 Å². The zero-order valence-corrected chi connectivity index (χ0v) is 14.3. The quantitative estimate of drug-likeness (QED) is 0.595. The van der Waals surface area contributed by atoms with Gasteiger partial charge in [0.1, 0.15) is 6.54 Å². The van der Waals surface area contributed by atoms with Crippen LogP contribution in [0.1, 0.15) is 10.4 Å². The molecule has 0 fully saturated rings. The highest BCUT2D eigenvalue weighted by Crippen LogP contribution is 2.14. The molecule has 0 heterocycles. The van der Waals surface area contributed by atoms with Crippen LogP contribution in [0.3, 0.4) is 0 Å². The Hall–Kier alpha value is -3.22. The van der Waals surface area contributed by atoms with Crippen LogP contribution in [0.2, 0.25) is 0 Å². The maximum absolute atomic E-state index is 12.3. The molecule has 0 saturated heterocycles. The second-order valence-electron chi connectivity index (χ2n) is 5.12. The first-order chi connectivity index (χ1) is 12.3. The minimum atomic E-state index is -3.86. The second-order valence-corrected chi connectivity index (χ2v) is 6.68. The molecule has 0 aliphatic heterocycles. The molecule has 0 atom stereocenters. The summed E-state index contributed by atoms with van der Waals surface area (Å²) in [4.78, 5) is 25.3. The lowest BCUT2D eigenvalue weighted by Crippen LogP contribution is -2.35. The van der Waals surface area contributed by atoms with E-state index in [0.717, 1.165) is 0 Å². The van der Waals surface area contributed by atoms with Crippen molar-refractivity contribution in [3.63, 3.8) is 0 Å². The van der Waals surface area contributed by atoms with Crippen LogP contribution < -0.4 is 10.0 Å². The summed E-state index contributed by atoms with van der Waals surface area (Å²) in [5, 5.41) is 13.9. The largest absolute Gasteiger partial charge is 0.452 e. The van der Waals surface area contributed by atoms with E-state index in [1.165, 1.54) is 29.2 Å². The van der Waals surface area contributed by atoms with Crippen molar-refractivity contribution >= 4 is 27.6 Å². The van der Waals surface area contributed by atoms with Crippen LogP contribution in [-0.4, -0.2) is 33.4 Å². The minimum Gasteiger partial charge on any atom is -0.452 e. The van der Waals surface area contributed by atoms with Crippen molar-refractivity contribution in [2.45, 2.75) is 4.90 Å². The molecule has 1 amide bonds. The molecule has 2 aromatic carbocycles. The van der Waals surface area contributed by atoms with Gasteiger partial charge in [0, 0.05) is 5.69 Å². The second kappa shape index (κ2) is 8.24. The average Bonchev–Trinajstić information content (AvgIpc) is 2.64. The molecule has 0 spiro atoms. The molecular weight excluding hydrogens is 358 g/mol. The lowest BCUT2D eigenvalue weighted by molar-refractivity contribution is -0.121. The van der Waals surface area contributed by atoms with Crippen molar-refractivity contribution in [2.75, 3.05) is 18.1 Å². The number of primary sulfonamides is 1. The maximum Gasteiger partial charge on any atom is 0.338 e. The van der Waals surface area contributed by atoms with Crippen molar-refractivity contribution in [1.82, 2.24) is 0 Å². The van der Waals surface area contributed by atoms with Crippen molar-refractivity contribution < 1.29 is 22.7 Å². The number of nitriles is 1. The Balaban J connectivity index is 2.03. The van der Waals surface area contributed by atoms with Crippen LogP contribution in [-0.2, 0) is 19.6 Å². The van der Waals surface area contributed by atoms with Crippen LogP contribution in [0, 0.1) is 11.3 Å². The Bertz CT molecular complexity index is 935. The minimum absolute atomic E-state index is 0.0664. The van der Waals surface area contributed by atoms with E-state index in [1.54, 1.807) is 30.3 Å². The molecule has 9 heteroatoms. The number of benzene rings is 2. The topological polar surface area (TPSA) is 131 Å². The van der Waals surface area contributed by atoms with Crippen LogP contribution in [0.25, 0.3) is 0 Å². The lowest BCUT2D eigenvalue weighted by Gasteiger charge is -2.19. The third-order valence-electron chi connectivity index (χ3n) is 3.34. The van der Waals surface area contributed by atoms with Gasteiger partial charge in [0.15, 0.2) is 6.61 Å². The normalized spacial score (nSPS) is 10.6. The van der Waals surface area contributed by atoms with Crippen LogP contribution in [0.5, 0.6) is 0 Å². The number of esters is 1. The third kappa shape index (κ3) is 4.89. The first-order valence-electron chi connectivity index (χ1n) is 7.35. The molecule has 0 aromatic heterocycles. The summed E-state index contributed by atoms with van der Waals surface area (Å²) >= 11 is 0. The summed E-state index contributed by atoms with van der Waals surface area (Å²) < 4.78 is 27.3. The van der Waals surface area contributed by atoms with E-state index in [2.05, 4.69) is 0 Å². The van der Waals surface area contributed by atoms with Crippen molar-refractivity contribution in [1.29, 1.82) is 5.26 Å². The number of hydrogen-bond donors (Lipinski definition) is 1. The van der Waals surface area contributed by atoms with E-state index in [4.69, 9.17) is 15.1 Å². The SMILES string of the molecule is N#CCN(C(=O)COC(=O)c1ccc(S(N)(=O)=O)cc1)c1ccccc1. The number of carbonyl (C=O) groups excluding carboxylic acids is 2. The first kappa shape index (κ1) is 19.1. The molecule has 0 saturated carbocycles. The van der Waals surface area contributed by atoms with Crippen LogP contribution in [0.15, 0.2) is 59.5 Å². The van der Waals surface area contributed by atoms with E-state index in [-0.39, 0.29) is 17.0 Å². The molecule has 0 aliphatic rings. The Morgan fingerprint density at radius 3 is 2.23 bits per heavy atom. The highest BCUT2D eigenvalue weighted by Gasteiger charge is 2.18. The summed E-state index contributed by atoms with van der Waals surface area (Å²) in [5.41, 5.74) is 0.573. The smallest absolute Gasteiger partial charge is 0.338 e. The number of sulfonamides is 1. The van der Waals surface area contributed by atoms with Crippen LogP contribution >= 0.6 is 0 Å². The predicted octanol–water partition coefficient (Wildman–Crippen LogP) is 1.05. The molecule has 26 heavy (non-hydrogen) atoms. The van der Waals surface area contributed by atoms with E-state index in [0.29, 0.717) is 5.69 Å². The molecule has 8 nitrogen and oxygen atoms in total. The van der Waals surface area contributed by atoms with Gasteiger partial charge in [0.05, 0.1) is 16.5 Å². The van der Waals surface area contributed by atoms with Gasteiger partial charge in [-0.15, -0.1) is 0 Å². The van der Waals surface area contributed by atoms with E-state index >= 15 is 0 Å². The number of rotatable bonds is 6. The van der Waals surface area contributed by atoms with E-state index in [1.807, 2.05) is 6.07 Å². The van der Waals surface area contributed by atoms with Crippen molar-refractivity contribution in [2.24, 2.45) is 5.14 Å². The number of amides is 1. The summed E-state index contributed by atoms with van der Waals surface area (Å²) in [6.07, 6.45) is 0. The van der Waals surface area contributed by atoms with Gasteiger partial charge < -0.3 is 4.74 Å². The van der Waals surface area contributed by atoms with Crippen molar-refractivity contribution in [3.05, 3.63) is 60.2 Å². The summed E-state index contributed by atoms with van der Waals surface area (Å²) in [5.74, 6) is -1.36. The van der Waals surface area contributed by atoms with Gasteiger partial charge in [-0.05, 0) is 36.4 Å². The van der Waals surface area contributed by atoms with E-state index < -0.39 is 28.5 Å². The third-order valence-corrected chi connectivity index (χ3v) is 4.27. The van der Waals surface area contributed by atoms with Gasteiger partial charge >= 0.3 is 5.97 Å². The lowest BCUT2D eigenvalue weighted by atomic mass is 10.2. The molecule has 2 aromatic rings. The monoisotopic (exact) mass is 373 g/mol. The number of nitrogens with zero attached hydrogens (tertiary/aromatic N) is 2. The fourth-order valence-electron chi connectivity index (χ4n) is 2.07. The zero-order valence-electron chi connectivity index (χ0n) is 13.5. The van der Waals surface area contributed by atoms with Gasteiger partial charge in [0.2, 0.25) is 10.0 Å². The van der Waals surface area contributed by atoms with Crippen molar-refractivity contribution in [3.8, 4) is 6.07 Å². The highest BCUT2D eigenvalue weighted by molar-refractivity contribution is 7.89. The summed E-state index contributed by atoms with van der Waals surface area (Å²) in [6, 6.07) is 15.2. The maximum atomic E-state index is 12.3. The van der Waals surface area contributed by atoms with E-state index in [9.17, 15) is 18.0 Å². The molecule has 2 rings (SSSR count). The zero-order chi connectivity index (χ0) is 19.2. The summed E-state index contributed by atoms with van der Waals surface area (Å²) in [7, 11) is -3.86. The Morgan fingerprint density at radius 2 is 1.69 bits per heavy atom. The Kier molecular flexibility index (Phi) is 6.06. The fourth-order valence-corrected chi connectivity index (χ4v) is 2.59. The van der Waals surface area contributed by atoms with Gasteiger partial charge in [-0.2, -0.15) is 5.26 Å².